The van der Waals surface area contributed by atoms with Crippen LogP contribution in [0.2, 0.25) is 0 Å². The Morgan fingerprint density at radius 3 is 2.28 bits per heavy atom. The van der Waals surface area contributed by atoms with Gasteiger partial charge in [-0.15, -0.1) is 6.58 Å². The van der Waals surface area contributed by atoms with E-state index in [1.54, 1.807) is 48.6 Å². The van der Waals surface area contributed by atoms with E-state index in [1.165, 1.54) is 6.07 Å². The van der Waals surface area contributed by atoms with Crippen LogP contribution in [0.3, 0.4) is 0 Å². The number of hydrogen-bond donors (Lipinski definition) is 1. The Bertz CT molecular complexity index is 1270. The van der Waals surface area contributed by atoms with Gasteiger partial charge in [0.05, 0.1) is 12.7 Å². The zero-order valence-electron chi connectivity index (χ0n) is 22.5. The summed E-state index contributed by atoms with van der Waals surface area (Å²) in [6, 6.07) is 15.3. The van der Waals surface area contributed by atoms with Crippen LogP contribution < -0.4 is 4.74 Å². The molecule has 0 radical (unpaired) electrons. The Labute approximate surface area is 229 Å². The molecule has 0 saturated heterocycles. The van der Waals surface area contributed by atoms with Crippen LogP contribution in [0.5, 0.6) is 5.75 Å². The fourth-order valence-corrected chi connectivity index (χ4v) is 5.41. The molecule has 0 bridgehead atoms. The molecule has 0 spiro atoms. The number of ether oxygens (including phenoxy) is 1. The van der Waals surface area contributed by atoms with Gasteiger partial charge in [-0.25, -0.2) is 13.2 Å². The second-order valence-corrected chi connectivity index (χ2v) is 10.4. The minimum absolute atomic E-state index is 0.0243. The second-order valence-electron chi connectivity index (χ2n) is 10.4. The van der Waals surface area contributed by atoms with Crippen molar-refractivity contribution >= 4 is 12.2 Å². The van der Waals surface area contributed by atoms with Crippen molar-refractivity contribution in [2.24, 2.45) is 5.92 Å². The average Bonchev–Trinajstić information content (AvgIpc) is 2.95. The van der Waals surface area contributed by atoms with E-state index in [-0.39, 0.29) is 29.3 Å². The molecular weight excluding hydrogens is 497 g/mol. The predicted molar refractivity (Wildman–Crippen MR) is 153 cm³/mol. The molecule has 1 unspecified atom stereocenters. The number of hydrogen-bond acceptors (Lipinski definition) is 2. The van der Waals surface area contributed by atoms with Gasteiger partial charge in [0.15, 0.2) is 23.2 Å². The first-order chi connectivity index (χ1) is 18.9. The van der Waals surface area contributed by atoms with Crippen LogP contribution in [-0.4, -0.2) is 17.8 Å². The third kappa shape index (κ3) is 7.21. The monoisotopic (exact) mass is 534 g/mol. The number of halogens is 3. The zero-order valence-corrected chi connectivity index (χ0v) is 22.5. The average molecular weight is 535 g/mol. The lowest BCUT2D eigenvalue weighted by Gasteiger charge is -2.32. The first-order valence-electron chi connectivity index (χ1n) is 13.9. The van der Waals surface area contributed by atoms with Crippen molar-refractivity contribution in [3.63, 3.8) is 0 Å². The summed E-state index contributed by atoms with van der Waals surface area (Å²) in [6.07, 6.45) is 10.6. The molecule has 1 aliphatic carbocycles. The standard InChI is InChI=1S/C34H37F3O2/c1-3-5-21-39-32-20-11-24(22-30(32)35)8-7-23-9-12-25(13-10-23)28-18-19-29(34(37)33(28)36)26-14-16-27(17-15-26)31(38)6-4-2/h3,7-13,18-20,22,26-27,31,38H,1,4-6,14-17,21H2,2H3/b8-7+. The van der Waals surface area contributed by atoms with Gasteiger partial charge in [0.1, 0.15) is 0 Å². The highest BCUT2D eigenvalue weighted by molar-refractivity contribution is 5.72. The Morgan fingerprint density at radius 2 is 1.62 bits per heavy atom. The molecule has 0 heterocycles. The van der Waals surface area contributed by atoms with E-state index in [9.17, 15) is 9.50 Å². The van der Waals surface area contributed by atoms with Gasteiger partial charge in [0.2, 0.25) is 0 Å². The van der Waals surface area contributed by atoms with Crippen molar-refractivity contribution in [1.82, 2.24) is 0 Å². The van der Waals surface area contributed by atoms with Crippen LogP contribution in [0.4, 0.5) is 13.2 Å². The molecule has 2 nitrogen and oxygen atoms in total. The van der Waals surface area contributed by atoms with Gasteiger partial charge in [-0.1, -0.05) is 74.0 Å². The fourth-order valence-electron chi connectivity index (χ4n) is 5.41. The maximum absolute atomic E-state index is 15.2. The molecule has 5 heteroatoms. The normalized spacial score (nSPS) is 18.3. The number of aliphatic hydroxyl groups is 1. The summed E-state index contributed by atoms with van der Waals surface area (Å²) in [5.41, 5.74) is 2.79. The van der Waals surface area contributed by atoms with Gasteiger partial charge in [-0.2, -0.15) is 0 Å². The van der Waals surface area contributed by atoms with Crippen LogP contribution in [0, 0.1) is 23.4 Å². The van der Waals surface area contributed by atoms with Crippen molar-refractivity contribution in [3.8, 4) is 16.9 Å². The molecule has 1 saturated carbocycles. The van der Waals surface area contributed by atoms with Crippen LogP contribution in [0.15, 0.2) is 67.3 Å². The van der Waals surface area contributed by atoms with E-state index in [0.29, 0.717) is 29.7 Å². The van der Waals surface area contributed by atoms with E-state index in [4.69, 9.17) is 4.74 Å². The number of aliphatic hydroxyl groups excluding tert-OH is 1. The summed E-state index contributed by atoms with van der Waals surface area (Å²) < 4.78 is 50.0. The van der Waals surface area contributed by atoms with Crippen molar-refractivity contribution < 1.29 is 23.0 Å². The Kier molecular flexibility index (Phi) is 10.0. The molecule has 206 valence electrons. The van der Waals surface area contributed by atoms with Crippen LogP contribution in [-0.2, 0) is 0 Å². The Hall–Kier alpha value is -3.31. The summed E-state index contributed by atoms with van der Waals surface area (Å²) >= 11 is 0. The fraction of sp³-hybridized carbons (Fsp3) is 0.353. The summed E-state index contributed by atoms with van der Waals surface area (Å²) in [5, 5.41) is 10.3. The van der Waals surface area contributed by atoms with Crippen LogP contribution in [0.1, 0.15) is 74.5 Å². The molecule has 4 rings (SSSR count). The molecular formula is C34H37F3O2. The van der Waals surface area contributed by atoms with E-state index in [0.717, 1.165) is 44.1 Å². The first-order valence-corrected chi connectivity index (χ1v) is 13.9. The third-order valence-corrected chi connectivity index (χ3v) is 7.68. The van der Waals surface area contributed by atoms with Crippen molar-refractivity contribution in [1.29, 1.82) is 0 Å². The van der Waals surface area contributed by atoms with E-state index in [2.05, 4.69) is 13.5 Å². The minimum Gasteiger partial charge on any atom is -0.490 e. The van der Waals surface area contributed by atoms with Gasteiger partial charge >= 0.3 is 0 Å². The van der Waals surface area contributed by atoms with Gasteiger partial charge < -0.3 is 9.84 Å². The molecule has 1 fully saturated rings. The molecule has 0 aliphatic heterocycles. The molecule has 3 aromatic carbocycles. The molecule has 1 aliphatic rings. The lowest BCUT2D eigenvalue weighted by atomic mass is 9.75. The smallest absolute Gasteiger partial charge is 0.166 e. The van der Waals surface area contributed by atoms with Gasteiger partial charge in [-0.05, 0) is 84.7 Å². The minimum atomic E-state index is -0.824. The summed E-state index contributed by atoms with van der Waals surface area (Å²) in [6.45, 7) is 6.05. The third-order valence-electron chi connectivity index (χ3n) is 7.68. The lowest BCUT2D eigenvalue weighted by Crippen LogP contribution is -2.25. The van der Waals surface area contributed by atoms with E-state index >= 15 is 8.78 Å². The second kappa shape index (κ2) is 13.7. The maximum atomic E-state index is 15.2. The van der Waals surface area contributed by atoms with Gasteiger partial charge in [-0.3, -0.25) is 0 Å². The summed E-state index contributed by atoms with van der Waals surface area (Å²) in [5.74, 6) is -1.59. The maximum Gasteiger partial charge on any atom is 0.166 e. The first kappa shape index (κ1) is 28.7. The topological polar surface area (TPSA) is 29.5 Å². The molecule has 0 aromatic heterocycles. The zero-order chi connectivity index (χ0) is 27.8. The number of rotatable bonds is 11. The summed E-state index contributed by atoms with van der Waals surface area (Å²) in [7, 11) is 0. The van der Waals surface area contributed by atoms with E-state index in [1.807, 2.05) is 18.2 Å². The number of benzene rings is 3. The SMILES string of the molecule is C=CCCOc1ccc(/C=C/c2ccc(-c3ccc(C4CCC(C(O)CCC)CC4)c(F)c3F)cc2)cc1F. The van der Waals surface area contributed by atoms with Gasteiger partial charge in [0, 0.05) is 5.56 Å². The molecule has 1 atom stereocenters. The molecule has 39 heavy (non-hydrogen) atoms. The quantitative estimate of drug-likeness (QED) is 0.151. The highest BCUT2D eigenvalue weighted by Crippen LogP contribution is 2.40. The predicted octanol–water partition coefficient (Wildman–Crippen LogP) is 9.33. The molecule has 3 aromatic rings. The Morgan fingerprint density at radius 1 is 0.923 bits per heavy atom. The van der Waals surface area contributed by atoms with Crippen molar-refractivity contribution in [2.75, 3.05) is 6.61 Å². The molecule has 0 amide bonds. The highest BCUT2D eigenvalue weighted by Gasteiger charge is 2.29. The highest BCUT2D eigenvalue weighted by atomic mass is 19.2. The van der Waals surface area contributed by atoms with Crippen molar-refractivity contribution in [2.45, 2.75) is 63.9 Å². The van der Waals surface area contributed by atoms with Crippen LogP contribution in [0.25, 0.3) is 23.3 Å². The van der Waals surface area contributed by atoms with Crippen LogP contribution >= 0.6 is 0 Å². The summed E-state index contributed by atoms with van der Waals surface area (Å²) in [4.78, 5) is 0. The van der Waals surface area contributed by atoms with Gasteiger partial charge in [0.25, 0.3) is 0 Å². The lowest BCUT2D eigenvalue weighted by molar-refractivity contribution is 0.0727. The van der Waals surface area contributed by atoms with Crippen molar-refractivity contribution in [3.05, 3.63) is 101 Å². The van der Waals surface area contributed by atoms with E-state index < -0.39 is 17.5 Å². The molecule has 1 N–H and O–H groups in total. The largest absolute Gasteiger partial charge is 0.490 e. The Balaban J connectivity index is 1.41.